The summed E-state index contributed by atoms with van der Waals surface area (Å²) in [6.07, 6.45) is 14.3. The topological polar surface area (TPSA) is 80.4 Å². The SMILES string of the molecule is CCCCC/C=C\CC(O)C(CCCCCCCC=O)[N+](=O)[O-]. The van der Waals surface area contributed by atoms with Gasteiger partial charge in [-0.25, -0.2) is 0 Å². The number of hydrogen-bond acceptors (Lipinski definition) is 4. The van der Waals surface area contributed by atoms with Crippen LogP contribution < -0.4 is 0 Å². The minimum atomic E-state index is -0.900. The lowest BCUT2D eigenvalue weighted by Crippen LogP contribution is -2.33. The van der Waals surface area contributed by atoms with Crippen LogP contribution in [0.1, 0.15) is 84.0 Å². The van der Waals surface area contributed by atoms with Gasteiger partial charge in [-0.2, -0.15) is 0 Å². The maximum Gasteiger partial charge on any atom is 0.238 e. The van der Waals surface area contributed by atoms with Crippen molar-refractivity contribution in [2.75, 3.05) is 0 Å². The van der Waals surface area contributed by atoms with Crippen molar-refractivity contribution in [3.05, 3.63) is 22.3 Å². The first-order valence-electron chi connectivity index (χ1n) is 9.03. The lowest BCUT2D eigenvalue weighted by Gasteiger charge is -2.14. The Morgan fingerprint density at radius 2 is 1.65 bits per heavy atom. The van der Waals surface area contributed by atoms with Crippen molar-refractivity contribution in [2.45, 2.75) is 96.1 Å². The van der Waals surface area contributed by atoms with E-state index < -0.39 is 12.1 Å². The van der Waals surface area contributed by atoms with Gasteiger partial charge in [0.25, 0.3) is 0 Å². The molecule has 0 spiro atoms. The average Bonchev–Trinajstić information content (AvgIpc) is 2.52. The van der Waals surface area contributed by atoms with Crippen molar-refractivity contribution in [3.63, 3.8) is 0 Å². The molecule has 0 radical (unpaired) electrons. The Bertz CT molecular complexity index is 331. The summed E-state index contributed by atoms with van der Waals surface area (Å²) < 4.78 is 0. The summed E-state index contributed by atoms with van der Waals surface area (Å²) in [7, 11) is 0. The molecule has 0 heterocycles. The van der Waals surface area contributed by atoms with Crippen molar-refractivity contribution >= 4 is 6.29 Å². The predicted molar refractivity (Wildman–Crippen MR) is 93.1 cm³/mol. The summed E-state index contributed by atoms with van der Waals surface area (Å²) in [6.45, 7) is 2.15. The van der Waals surface area contributed by atoms with Gasteiger partial charge in [0.15, 0.2) is 0 Å². The number of allylic oxidation sites excluding steroid dienone is 1. The molecule has 134 valence electrons. The van der Waals surface area contributed by atoms with Gasteiger partial charge in [-0.1, -0.05) is 51.2 Å². The highest BCUT2D eigenvalue weighted by Gasteiger charge is 2.28. The summed E-state index contributed by atoms with van der Waals surface area (Å²) in [5, 5.41) is 21.1. The molecule has 5 nitrogen and oxygen atoms in total. The molecule has 0 saturated heterocycles. The zero-order chi connectivity index (χ0) is 17.3. The fourth-order valence-corrected chi connectivity index (χ4v) is 2.57. The summed E-state index contributed by atoms with van der Waals surface area (Å²) in [5.41, 5.74) is 0. The second kappa shape index (κ2) is 15.7. The summed E-state index contributed by atoms with van der Waals surface area (Å²) >= 11 is 0. The predicted octanol–water partition coefficient (Wildman–Crippen LogP) is 4.45. The van der Waals surface area contributed by atoms with Crippen molar-refractivity contribution < 1.29 is 14.8 Å². The summed E-state index contributed by atoms with van der Waals surface area (Å²) in [6, 6.07) is -0.870. The molecule has 2 unspecified atom stereocenters. The summed E-state index contributed by atoms with van der Waals surface area (Å²) in [4.78, 5) is 20.9. The Balaban J connectivity index is 3.90. The van der Waals surface area contributed by atoms with Gasteiger partial charge < -0.3 is 9.90 Å². The number of rotatable bonds is 16. The lowest BCUT2D eigenvalue weighted by atomic mass is 10.00. The molecule has 0 aromatic heterocycles. The number of aldehydes is 1. The minimum Gasteiger partial charge on any atom is -0.386 e. The maximum absolute atomic E-state index is 11.1. The molecule has 0 fully saturated rings. The third kappa shape index (κ3) is 13.0. The first-order chi connectivity index (χ1) is 11.1. The van der Waals surface area contributed by atoms with E-state index in [1.54, 1.807) is 0 Å². The molecule has 0 aromatic carbocycles. The molecule has 0 saturated carbocycles. The number of carbonyl (C=O) groups is 1. The van der Waals surface area contributed by atoms with Crippen LogP contribution in [-0.2, 0) is 4.79 Å². The Kier molecular flexibility index (Phi) is 14.8. The highest BCUT2D eigenvalue weighted by Crippen LogP contribution is 2.15. The number of aliphatic hydroxyl groups excluding tert-OH is 1. The van der Waals surface area contributed by atoms with Gasteiger partial charge in [0.2, 0.25) is 6.04 Å². The van der Waals surface area contributed by atoms with Crippen LogP contribution in [0.25, 0.3) is 0 Å². The Morgan fingerprint density at radius 1 is 1.00 bits per heavy atom. The number of unbranched alkanes of at least 4 members (excludes halogenated alkanes) is 8. The van der Waals surface area contributed by atoms with Gasteiger partial charge in [0.05, 0.1) is 0 Å². The zero-order valence-electron chi connectivity index (χ0n) is 14.5. The Hall–Kier alpha value is -1.23. The smallest absolute Gasteiger partial charge is 0.238 e. The molecule has 0 amide bonds. The van der Waals surface area contributed by atoms with E-state index in [1.807, 2.05) is 12.2 Å². The second-order valence-corrected chi connectivity index (χ2v) is 6.13. The first-order valence-corrected chi connectivity index (χ1v) is 9.03. The van der Waals surface area contributed by atoms with Crippen LogP contribution in [0.5, 0.6) is 0 Å². The second-order valence-electron chi connectivity index (χ2n) is 6.13. The fourth-order valence-electron chi connectivity index (χ4n) is 2.57. The van der Waals surface area contributed by atoms with Gasteiger partial charge in [0.1, 0.15) is 12.4 Å². The van der Waals surface area contributed by atoms with Crippen LogP contribution >= 0.6 is 0 Å². The average molecular weight is 327 g/mol. The van der Waals surface area contributed by atoms with Crippen molar-refractivity contribution in [1.82, 2.24) is 0 Å². The fraction of sp³-hybridized carbons (Fsp3) is 0.833. The summed E-state index contributed by atoms with van der Waals surface area (Å²) in [5.74, 6) is 0. The molecule has 23 heavy (non-hydrogen) atoms. The van der Waals surface area contributed by atoms with Gasteiger partial charge >= 0.3 is 0 Å². The first kappa shape index (κ1) is 21.8. The highest BCUT2D eigenvalue weighted by molar-refractivity contribution is 5.48. The van der Waals surface area contributed by atoms with Crippen LogP contribution in [0.2, 0.25) is 0 Å². The van der Waals surface area contributed by atoms with Gasteiger partial charge in [0, 0.05) is 17.8 Å². The molecule has 0 aliphatic heterocycles. The van der Waals surface area contributed by atoms with Gasteiger partial charge in [-0.15, -0.1) is 0 Å². The standard InChI is InChI=1S/C18H33NO4/c1-2-3-4-5-9-12-15-18(21)17(19(22)23)14-11-8-6-7-10-13-16-20/h9,12,16-18,21H,2-8,10-11,13-15H2,1H3/b12-9-. The number of nitro groups is 1. The van der Waals surface area contributed by atoms with Gasteiger partial charge in [-0.3, -0.25) is 10.1 Å². The molecule has 0 aromatic rings. The molecule has 0 bridgehead atoms. The zero-order valence-corrected chi connectivity index (χ0v) is 14.5. The molecule has 0 rings (SSSR count). The van der Waals surface area contributed by atoms with E-state index in [-0.39, 0.29) is 4.92 Å². The van der Waals surface area contributed by atoms with Crippen molar-refractivity contribution in [2.24, 2.45) is 0 Å². The van der Waals surface area contributed by atoms with Crippen LogP contribution in [0.3, 0.4) is 0 Å². The van der Waals surface area contributed by atoms with Crippen molar-refractivity contribution in [1.29, 1.82) is 0 Å². The number of nitrogens with zero attached hydrogens (tertiary/aromatic N) is 1. The number of aliphatic hydroxyl groups is 1. The number of hydrogen-bond donors (Lipinski definition) is 1. The third-order valence-electron chi connectivity index (χ3n) is 4.06. The molecule has 0 aliphatic rings. The van der Waals surface area contributed by atoms with Crippen molar-refractivity contribution in [3.8, 4) is 0 Å². The third-order valence-corrected chi connectivity index (χ3v) is 4.06. The molecular formula is C18H33NO4. The molecular weight excluding hydrogens is 294 g/mol. The molecule has 2 atom stereocenters. The quantitative estimate of drug-likeness (QED) is 0.149. The lowest BCUT2D eigenvalue weighted by molar-refractivity contribution is -0.535. The van der Waals surface area contributed by atoms with E-state index in [9.17, 15) is 20.0 Å². The Labute approximate surface area is 140 Å². The van der Waals surface area contributed by atoms with Crippen LogP contribution in [0, 0.1) is 10.1 Å². The van der Waals surface area contributed by atoms with Crippen LogP contribution in [0.4, 0.5) is 0 Å². The van der Waals surface area contributed by atoms with E-state index in [2.05, 4.69) is 6.92 Å². The molecule has 0 aliphatic carbocycles. The Morgan fingerprint density at radius 3 is 2.30 bits per heavy atom. The maximum atomic E-state index is 11.1. The van der Waals surface area contributed by atoms with E-state index in [0.717, 1.165) is 51.2 Å². The van der Waals surface area contributed by atoms with E-state index in [1.165, 1.54) is 12.8 Å². The number of carbonyl (C=O) groups excluding carboxylic acids is 1. The van der Waals surface area contributed by atoms with E-state index in [0.29, 0.717) is 19.3 Å². The van der Waals surface area contributed by atoms with Crippen LogP contribution in [0.15, 0.2) is 12.2 Å². The van der Waals surface area contributed by atoms with E-state index in [4.69, 9.17) is 0 Å². The highest BCUT2D eigenvalue weighted by atomic mass is 16.6. The largest absolute Gasteiger partial charge is 0.386 e. The van der Waals surface area contributed by atoms with Gasteiger partial charge in [-0.05, 0) is 32.1 Å². The normalized spacial score (nSPS) is 14.0. The van der Waals surface area contributed by atoms with E-state index >= 15 is 0 Å². The minimum absolute atomic E-state index is 0.345. The molecule has 5 heteroatoms. The van der Waals surface area contributed by atoms with Crippen LogP contribution in [-0.4, -0.2) is 28.5 Å². The monoisotopic (exact) mass is 327 g/mol. The molecule has 1 N–H and O–H groups in total.